The second-order valence-corrected chi connectivity index (χ2v) is 11.6. The molecule has 0 radical (unpaired) electrons. The molecule has 51 heavy (non-hydrogen) atoms. The van der Waals surface area contributed by atoms with Gasteiger partial charge in [0.15, 0.2) is 11.6 Å². The number of aromatic nitrogens is 7. The summed E-state index contributed by atoms with van der Waals surface area (Å²) < 4.78 is 20.1. The topological polar surface area (TPSA) is 143 Å². The Labute approximate surface area is 293 Å². The Kier molecular flexibility index (Phi) is 9.63. The lowest BCUT2D eigenvalue weighted by molar-refractivity contribution is 0.0953. The average Bonchev–Trinajstić information content (AvgIpc) is 3.80. The van der Waals surface area contributed by atoms with Crippen molar-refractivity contribution in [2.75, 3.05) is 30.0 Å². The standard InChI is InChI=1S/C19H18N4O3.C18H17N5O2/c1-25-16-8-5-9-20-18(16)22-10-11-23-15(19(22)24)12-17(21-23)26-13-14-6-3-2-4-7-14;1-13-19-8-7-16(20-13)22-9-10-23-15(18(22)24)11-17(21-23)25-12-14-5-3-2-4-6-14/h2-9,12H,10-11,13H2,1H3;2-8,11H,9-10,12H2,1H3. The van der Waals surface area contributed by atoms with Crippen molar-refractivity contribution in [2.45, 2.75) is 33.2 Å². The summed E-state index contributed by atoms with van der Waals surface area (Å²) in [6.07, 6.45) is 3.30. The number of fused-ring (bicyclic) bond motifs is 2. The summed E-state index contributed by atoms with van der Waals surface area (Å²) in [5, 5.41) is 8.76. The van der Waals surface area contributed by atoms with Crippen molar-refractivity contribution < 1.29 is 23.8 Å². The van der Waals surface area contributed by atoms with Crippen LogP contribution in [0.3, 0.4) is 0 Å². The van der Waals surface area contributed by atoms with E-state index < -0.39 is 0 Å². The first kappa shape index (κ1) is 33.0. The highest BCUT2D eigenvalue weighted by Crippen LogP contribution is 2.29. The Hall–Kier alpha value is -6.57. The van der Waals surface area contributed by atoms with Gasteiger partial charge in [0, 0.05) is 37.6 Å². The smallest absolute Gasteiger partial charge is 0.278 e. The number of rotatable bonds is 9. The van der Waals surface area contributed by atoms with Crippen molar-refractivity contribution >= 4 is 23.5 Å². The molecule has 6 heterocycles. The Morgan fingerprint density at radius 1 is 0.647 bits per heavy atom. The molecule has 258 valence electrons. The summed E-state index contributed by atoms with van der Waals surface area (Å²) in [6, 6.07) is 28.3. The van der Waals surface area contributed by atoms with Crippen LogP contribution in [-0.2, 0) is 26.3 Å². The van der Waals surface area contributed by atoms with Crippen molar-refractivity contribution in [3.8, 4) is 17.5 Å². The summed E-state index contributed by atoms with van der Waals surface area (Å²) in [6.45, 7) is 4.77. The van der Waals surface area contributed by atoms with E-state index >= 15 is 0 Å². The molecule has 2 aliphatic rings. The van der Waals surface area contributed by atoms with E-state index in [1.54, 1.807) is 75.9 Å². The van der Waals surface area contributed by atoms with E-state index in [2.05, 4.69) is 25.1 Å². The minimum atomic E-state index is -0.171. The van der Waals surface area contributed by atoms with Gasteiger partial charge >= 0.3 is 0 Å². The highest BCUT2D eigenvalue weighted by Gasteiger charge is 2.31. The van der Waals surface area contributed by atoms with Crippen molar-refractivity contribution in [1.29, 1.82) is 0 Å². The Morgan fingerprint density at radius 3 is 1.78 bits per heavy atom. The number of amides is 2. The summed E-state index contributed by atoms with van der Waals surface area (Å²) in [4.78, 5) is 41.6. The molecule has 0 aliphatic carbocycles. The largest absolute Gasteiger partial charge is 0.493 e. The summed E-state index contributed by atoms with van der Waals surface area (Å²) in [7, 11) is 1.56. The van der Waals surface area contributed by atoms with Gasteiger partial charge in [0.05, 0.1) is 20.2 Å². The lowest BCUT2D eigenvalue weighted by Gasteiger charge is -2.27. The minimum absolute atomic E-state index is 0.133. The second kappa shape index (κ2) is 14.9. The number of hydrogen-bond acceptors (Lipinski definition) is 10. The Balaban J connectivity index is 0.000000159. The molecule has 0 fully saturated rings. The van der Waals surface area contributed by atoms with Gasteiger partial charge in [0.25, 0.3) is 11.8 Å². The number of anilines is 2. The van der Waals surface area contributed by atoms with Gasteiger partial charge < -0.3 is 14.2 Å². The quantitative estimate of drug-likeness (QED) is 0.209. The van der Waals surface area contributed by atoms with Gasteiger partial charge in [0.1, 0.15) is 36.2 Å². The zero-order valence-electron chi connectivity index (χ0n) is 28.1. The first-order chi connectivity index (χ1) is 25.0. The van der Waals surface area contributed by atoms with Gasteiger partial charge in [-0.3, -0.25) is 28.8 Å². The van der Waals surface area contributed by atoms with Crippen molar-refractivity contribution in [2.24, 2.45) is 0 Å². The van der Waals surface area contributed by atoms with Gasteiger partial charge in [-0.2, -0.15) is 0 Å². The number of carbonyl (C=O) groups excluding carboxylic acids is 2. The zero-order valence-corrected chi connectivity index (χ0v) is 28.1. The van der Waals surface area contributed by atoms with Crippen LogP contribution < -0.4 is 24.0 Å². The number of ether oxygens (including phenoxy) is 3. The molecule has 2 amide bonds. The normalized spacial score (nSPS) is 13.5. The summed E-state index contributed by atoms with van der Waals surface area (Å²) in [5.41, 5.74) is 3.08. The number of pyridine rings is 1. The van der Waals surface area contributed by atoms with Crippen LogP contribution in [0.15, 0.2) is 103 Å². The van der Waals surface area contributed by atoms with Crippen LogP contribution in [0.4, 0.5) is 11.6 Å². The molecule has 2 aliphatic heterocycles. The van der Waals surface area contributed by atoms with Gasteiger partial charge in [-0.25, -0.2) is 15.0 Å². The Bertz CT molecular complexity index is 2140. The third-order valence-corrected chi connectivity index (χ3v) is 8.24. The number of aryl methyl sites for hydroxylation is 1. The van der Waals surface area contributed by atoms with E-state index in [9.17, 15) is 9.59 Å². The maximum atomic E-state index is 12.9. The van der Waals surface area contributed by atoms with Gasteiger partial charge in [-0.15, -0.1) is 10.2 Å². The molecule has 4 aromatic heterocycles. The minimum Gasteiger partial charge on any atom is -0.493 e. The van der Waals surface area contributed by atoms with Crippen molar-refractivity contribution in [3.63, 3.8) is 0 Å². The summed E-state index contributed by atoms with van der Waals surface area (Å²) >= 11 is 0. The molecule has 6 aromatic rings. The predicted molar refractivity (Wildman–Crippen MR) is 187 cm³/mol. The zero-order chi connectivity index (χ0) is 35.2. The van der Waals surface area contributed by atoms with Gasteiger partial charge in [0.2, 0.25) is 11.8 Å². The first-order valence-electron chi connectivity index (χ1n) is 16.4. The van der Waals surface area contributed by atoms with Gasteiger partial charge in [-0.1, -0.05) is 60.7 Å². The van der Waals surface area contributed by atoms with E-state index in [1.807, 2.05) is 60.7 Å². The van der Waals surface area contributed by atoms with Crippen LogP contribution in [0.25, 0.3) is 0 Å². The highest BCUT2D eigenvalue weighted by molar-refractivity contribution is 6.06. The van der Waals surface area contributed by atoms with Gasteiger partial charge in [-0.05, 0) is 36.2 Å². The van der Waals surface area contributed by atoms with Crippen LogP contribution in [0.2, 0.25) is 0 Å². The fourth-order valence-corrected chi connectivity index (χ4v) is 5.70. The molecule has 0 atom stereocenters. The second-order valence-electron chi connectivity index (χ2n) is 11.6. The molecule has 14 heteroatoms. The predicted octanol–water partition coefficient (Wildman–Crippen LogP) is 4.75. The molecule has 2 aromatic carbocycles. The molecule has 0 saturated heterocycles. The molecular formula is C37H35N9O5. The fourth-order valence-electron chi connectivity index (χ4n) is 5.70. The lowest BCUT2D eigenvalue weighted by Crippen LogP contribution is -2.41. The highest BCUT2D eigenvalue weighted by atomic mass is 16.5. The molecule has 8 rings (SSSR count). The first-order valence-corrected chi connectivity index (χ1v) is 16.4. The lowest BCUT2D eigenvalue weighted by atomic mass is 10.2. The van der Waals surface area contributed by atoms with E-state index in [-0.39, 0.29) is 11.8 Å². The van der Waals surface area contributed by atoms with E-state index in [1.165, 1.54) is 0 Å². The maximum Gasteiger partial charge on any atom is 0.278 e. The monoisotopic (exact) mass is 685 g/mol. The number of nitrogens with zero attached hydrogens (tertiary/aromatic N) is 9. The van der Waals surface area contributed by atoms with Crippen LogP contribution >= 0.6 is 0 Å². The number of benzene rings is 2. The van der Waals surface area contributed by atoms with Crippen LogP contribution in [0.1, 0.15) is 37.9 Å². The molecular weight excluding hydrogens is 650 g/mol. The maximum absolute atomic E-state index is 12.9. The molecule has 0 N–H and O–H groups in total. The van der Waals surface area contributed by atoms with E-state index in [0.717, 1.165) is 11.1 Å². The molecule has 0 unspecified atom stereocenters. The van der Waals surface area contributed by atoms with E-state index in [0.29, 0.717) is 85.8 Å². The third-order valence-electron chi connectivity index (χ3n) is 8.24. The van der Waals surface area contributed by atoms with Crippen LogP contribution in [0.5, 0.6) is 17.5 Å². The Morgan fingerprint density at radius 2 is 1.22 bits per heavy atom. The van der Waals surface area contributed by atoms with E-state index in [4.69, 9.17) is 14.2 Å². The summed E-state index contributed by atoms with van der Waals surface area (Å²) in [5.74, 6) is 2.91. The molecule has 14 nitrogen and oxygen atoms in total. The number of methoxy groups -OCH3 is 1. The SMILES string of the molecule is COc1cccnc1N1CCn2nc(OCc3ccccc3)cc2C1=O.Cc1nccc(N2CCn3nc(OCc4ccccc4)cc3C2=O)n1. The van der Waals surface area contributed by atoms with Crippen LogP contribution in [-0.4, -0.2) is 66.5 Å². The number of carbonyl (C=O) groups is 2. The molecule has 0 bridgehead atoms. The van der Waals surface area contributed by atoms with Crippen molar-refractivity contribution in [1.82, 2.24) is 34.5 Å². The third kappa shape index (κ3) is 7.39. The fraction of sp³-hybridized carbons (Fsp3) is 0.216. The average molecular weight is 686 g/mol. The van der Waals surface area contributed by atoms with Crippen molar-refractivity contribution in [3.05, 3.63) is 132 Å². The molecule has 0 spiro atoms. The van der Waals surface area contributed by atoms with Crippen LogP contribution in [0, 0.1) is 6.92 Å². The molecule has 0 saturated carbocycles. The number of hydrogen-bond donors (Lipinski definition) is 0.